The minimum absolute atomic E-state index is 0.0324. The molecule has 118 valence electrons. The van der Waals surface area contributed by atoms with E-state index < -0.39 is 14.8 Å². The average Bonchev–Trinajstić information content (AvgIpc) is 2.54. The maximum absolute atomic E-state index is 12.3. The number of sulfone groups is 1. The zero-order valence-corrected chi connectivity index (χ0v) is 13.6. The van der Waals surface area contributed by atoms with Crippen molar-refractivity contribution in [1.82, 2.24) is 4.98 Å². The lowest BCUT2D eigenvalue weighted by Gasteiger charge is -2.11. The van der Waals surface area contributed by atoms with Crippen molar-refractivity contribution in [2.75, 3.05) is 5.75 Å². The minimum Gasteiger partial charge on any atom is -0.350 e. The molecule has 1 heterocycles. The summed E-state index contributed by atoms with van der Waals surface area (Å²) in [5.74, 6) is -0.176. The second kappa shape index (κ2) is 6.28. The van der Waals surface area contributed by atoms with Gasteiger partial charge >= 0.3 is 0 Å². The van der Waals surface area contributed by atoms with Gasteiger partial charge in [0, 0.05) is 23.9 Å². The first kappa shape index (κ1) is 16.8. The predicted molar refractivity (Wildman–Crippen MR) is 86.2 cm³/mol. The number of nitriles is 1. The standard InChI is InChI=1S/C14H11N3O4S2/c1-2-23(20,21)12-8-16-14(22)11(7-15)13(12)9-4-3-5-10(6-9)17(18)19/h3-6,8H,2H2,1H3,(H,16,22). The van der Waals surface area contributed by atoms with Crippen LogP contribution >= 0.6 is 12.2 Å². The molecule has 7 nitrogen and oxygen atoms in total. The highest BCUT2D eigenvalue weighted by atomic mass is 32.2. The molecule has 0 bridgehead atoms. The van der Waals surface area contributed by atoms with Crippen LogP contribution in [-0.4, -0.2) is 24.1 Å². The van der Waals surface area contributed by atoms with Crippen LogP contribution in [0.15, 0.2) is 35.4 Å². The molecule has 0 fully saturated rings. The number of nitrogens with one attached hydrogen (secondary N) is 1. The predicted octanol–water partition coefficient (Wildman–Crippen LogP) is 2.98. The summed E-state index contributed by atoms with van der Waals surface area (Å²) in [5.41, 5.74) is 0.102. The number of aromatic nitrogens is 1. The number of non-ortho nitro benzene ring substituents is 1. The summed E-state index contributed by atoms with van der Waals surface area (Å²) in [4.78, 5) is 12.8. The lowest BCUT2D eigenvalue weighted by Crippen LogP contribution is -2.08. The van der Waals surface area contributed by atoms with Crippen molar-refractivity contribution in [1.29, 1.82) is 5.26 Å². The molecule has 0 unspecified atom stereocenters. The van der Waals surface area contributed by atoms with Crippen LogP contribution in [0.2, 0.25) is 0 Å². The topological polar surface area (TPSA) is 117 Å². The molecule has 0 saturated heterocycles. The number of aromatic amines is 1. The van der Waals surface area contributed by atoms with Gasteiger partial charge in [0.05, 0.1) is 21.1 Å². The highest BCUT2D eigenvalue weighted by Gasteiger charge is 2.23. The third kappa shape index (κ3) is 3.13. The van der Waals surface area contributed by atoms with Gasteiger partial charge in [-0.05, 0) is 5.56 Å². The monoisotopic (exact) mass is 349 g/mol. The number of nitrogens with zero attached hydrogens (tertiary/aromatic N) is 2. The molecular weight excluding hydrogens is 338 g/mol. The Hall–Kier alpha value is -2.57. The van der Waals surface area contributed by atoms with Crippen molar-refractivity contribution < 1.29 is 13.3 Å². The molecule has 1 aromatic carbocycles. The van der Waals surface area contributed by atoms with Gasteiger partial charge in [0.2, 0.25) is 0 Å². The van der Waals surface area contributed by atoms with Gasteiger partial charge in [-0.15, -0.1) is 0 Å². The van der Waals surface area contributed by atoms with Crippen molar-refractivity contribution in [3.05, 3.63) is 50.8 Å². The molecule has 0 amide bonds. The van der Waals surface area contributed by atoms with E-state index in [4.69, 9.17) is 12.2 Å². The van der Waals surface area contributed by atoms with E-state index in [-0.39, 0.29) is 37.7 Å². The first-order valence-electron chi connectivity index (χ1n) is 6.45. The quantitative estimate of drug-likeness (QED) is 0.515. The van der Waals surface area contributed by atoms with Crippen LogP contribution in [0.1, 0.15) is 12.5 Å². The zero-order chi connectivity index (χ0) is 17.2. The molecule has 0 aliphatic heterocycles. The number of H-pyrrole nitrogens is 1. The molecule has 23 heavy (non-hydrogen) atoms. The van der Waals surface area contributed by atoms with Gasteiger partial charge in [-0.1, -0.05) is 31.3 Å². The Morgan fingerprint density at radius 3 is 2.70 bits per heavy atom. The molecule has 0 spiro atoms. The summed E-state index contributed by atoms with van der Waals surface area (Å²) in [6.45, 7) is 1.47. The average molecular weight is 349 g/mol. The summed E-state index contributed by atoms with van der Waals surface area (Å²) in [6, 6.07) is 7.32. The number of hydrogen-bond donors (Lipinski definition) is 1. The van der Waals surface area contributed by atoms with Crippen LogP contribution in [-0.2, 0) is 9.84 Å². The first-order chi connectivity index (χ1) is 10.8. The molecule has 0 aliphatic rings. The van der Waals surface area contributed by atoms with Gasteiger partial charge in [0.15, 0.2) is 9.84 Å². The van der Waals surface area contributed by atoms with Crippen LogP contribution in [0.25, 0.3) is 11.1 Å². The maximum Gasteiger partial charge on any atom is 0.270 e. The van der Waals surface area contributed by atoms with E-state index in [0.29, 0.717) is 0 Å². The van der Waals surface area contributed by atoms with E-state index in [9.17, 15) is 23.8 Å². The van der Waals surface area contributed by atoms with Gasteiger partial charge in [0.25, 0.3) is 5.69 Å². The fourth-order valence-electron chi connectivity index (χ4n) is 2.08. The lowest BCUT2D eigenvalue weighted by atomic mass is 10.0. The molecule has 9 heteroatoms. The minimum atomic E-state index is -3.66. The smallest absolute Gasteiger partial charge is 0.270 e. The van der Waals surface area contributed by atoms with Crippen LogP contribution in [0.4, 0.5) is 5.69 Å². The largest absolute Gasteiger partial charge is 0.350 e. The fraction of sp³-hybridized carbons (Fsp3) is 0.143. The first-order valence-corrected chi connectivity index (χ1v) is 8.51. The molecule has 0 atom stereocenters. The van der Waals surface area contributed by atoms with E-state index >= 15 is 0 Å². The van der Waals surface area contributed by atoms with Crippen molar-refractivity contribution >= 4 is 27.7 Å². The molecule has 2 aromatic rings. The van der Waals surface area contributed by atoms with Crippen molar-refractivity contribution in [2.24, 2.45) is 0 Å². The Bertz CT molecular complexity index is 988. The van der Waals surface area contributed by atoms with E-state index in [1.54, 1.807) is 0 Å². The molecule has 0 radical (unpaired) electrons. The molecule has 2 rings (SSSR count). The summed E-state index contributed by atoms with van der Waals surface area (Å²) < 4.78 is 24.7. The molecule has 0 saturated carbocycles. The molecule has 0 aliphatic carbocycles. The number of nitro groups is 1. The van der Waals surface area contributed by atoms with Gasteiger partial charge in [-0.2, -0.15) is 5.26 Å². The van der Waals surface area contributed by atoms with Crippen molar-refractivity contribution in [3.63, 3.8) is 0 Å². The van der Waals surface area contributed by atoms with E-state index in [1.165, 1.54) is 37.4 Å². The molecular formula is C14H11N3O4S2. The van der Waals surface area contributed by atoms with E-state index in [2.05, 4.69) is 4.98 Å². The SMILES string of the molecule is CCS(=O)(=O)c1c[nH]c(=S)c(C#N)c1-c1cccc([N+](=O)[O-])c1. The summed E-state index contributed by atoms with van der Waals surface area (Å²) in [7, 11) is -3.66. The zero-order valence-electron chi connectivity index (χ0n) is 11.9. The van der Waals surface area contributed by atoms with Crippen LogP contribution in [0.3, 0.4) is 0 Å². The normalized spacial score (nSPS) is 11.0. The second-order valence-corrected chi connectivity index (χ2v) is 7.21. The van der Waals surface area contributed by atoms with Crippen LogP contribution < -0.4 is 0 Å². The second-order valence-electron chi connectivity index (χ2n) is 4.55. The molecule has 1 aromatic heterocycles. The Kier molecular flexibility index (Phi) is 4.58. The van der Waals surface area contributed by atoms with Crippen LogP contribution in [0, 0.1) is 26.1 Å². The van der Waals surface area contributed by atoms with Gasteiger partial charge in [-0.25, -0.2) is 8.42 Å². The van der Waals surface area contributed by atoms with E-state index in [0.717, 1.165) is 0 Å². The van der Waals surface area contributed by atoms with Gasteiger partial charge in [0.1, 0.15) is 10.7 Å². The van der Waals surface area contributed by atoms with Crippen molar-refractivity contribution in [2.45, 2.75) is 11.8 Å². The Morgan fingerprint density at radius 1 is 1.43 bits per heavy atom. The number of pyridine rings is 1. The van der Waals surface area contributed by atoms with Crippen LogP contribution in [0.5, 0.6) is 0 Å². The summed E-state index contributed by atoms with van der Waals surface area (Å²) >= 11 is 5.04. The fourth-order valence-corrected chi connectivity index (χ4v) is 3.37. The molecule has 1 N–H and O–H groups in total. The Morgan fingerprint density at radius 2 is 2.13 bits per heavy atom. The summed E-state index contributed by atoms with van der Waals surface area (Å²) in [6.07, 6.45) is 1.22. The Labute approximate surface area is 137 Å². The van der Waals surface area contributed by atoms with Gasteiger partial charge < -0.3 is 4.98 Å². The highest BCUT2D eigenvalue weighted by Crippen LogP contribution is 2.33. The number of rotatable bonds is 4. The third-order valence-electron chi connectivity index (χ3n) is 3.23. The Balaban J connectivity index is 2.93. The van der Waals surface area contributed by atoms with E-state index in [1.807, 2.05) is 6.07 Å². The van der Waals surface area contributed by atoms with Crippen molar-refractivity contribution in [3.8, 4) is 17.2 Å². The number of nitro benzene ring substituents is 1. The lowest BCUT2D eigenvalue weighted by molar-refractivity contribution is -0.384. The highest BCUT2D eigenvalue weighted by molar-refractivity contribution is 7.91. The van der Waals surface area contributed by atoms with Gasteiger partial charge in [-0.3, -0.25) is 10.1 Å². The number of benzene rings is 1. The third-order valence-corrected chi connectivity index (χ3v) is 5.30. The summed E-state index contributed by atoms with van der Waals surface area (Å²) in [5, 5.41) is 20.3. The maximum atomic E-state index is 12.3. The number of hydrogen-bond acceptors (Lipinski definition) is 6.